The van der Waals surface area contributed by atoms with Crippen LogP contribution in [0.2, 0.25) is 0 Å². The molecule has 0 atom stereocenters. The van der Waals surface area contributed by atoms with Gasteiger partial charge in [0.25, 0.3) is 5.69 Å². The number of nitrogens with zero attached hydrogens (tertiary/aromatic N) is 2. The van der Waals surface area contributed by atoms with Gasteiger partial charge in [0.2, 0.25) is 10.0 Å². The highest BCUT2D eigenvalue weighted by Gasteiger charge is 2.27. The Labute approximate surface area is 152 Å². The molecule has 0 saturated carbocycles. The van der Waals surface area contributed by atoms with Gasteiger partial charge in [-0.15, -0.1) is 0 Å². The molecule has 0 radical (unpaired) electrons. The zero-order valence-electron chi connectivity index (χ0n) is 14.7. The van der Waals surface area contributed by atoms with Crippen LogP contribution in [0.5, 0.6) is 11.5 Å². The maximum atomic E-state index is 12.7. The second-order valence-electron chi connectivity index (χ2n) is 5.58. The van der Waals surface area contributed by atoms with Crippen molar-refractivity contribution in [2.75, 3.05) is 27.3 Å². The van der Waals surface area contributed by atoms with E-state index >= 15 is 0 Å². The zero-order chi connectivity index (χ0) is 19.3. The van der Waals surface area contributed by atoms with E-state index in [-0.39, 0.29) is 29.5 Å². The highest BCUT2D eigenvalue weighted by Crippen LogP contribution is 2.30. The lowest BCUT2D eigenvalue weighted by molar-refractivity contribution is -0.385. The molecule has 0 aliphatic heterocycles. The summed E-state index contributed by atoms with van der Waals surface area (Å²) in [5.74, 6) is 0.677. The van der Waals surface area contributed by atoms with E-state index in [1.165, 1.54) is 26.3 Å². The molecule has 140 valence electrons. The van der Waals surface area contributed by atoms with Crippen LogP contribution in [-0.2, 0) is 10.0 Å². The number of nitro groups is 1. The molecule has 0 bridgehead atoms. The average molecular weight is 380 g/mol. The van der Waals surface area contributed by atoms with E-state index in [2.05, 4.69) is 0 Å². The summed E-state index contributed by atoms with van der Waals surface area (Å²) in [6.07, 6.45) is 0. The lowest BCUT2D eigenvalue weighted by Gasteiger charge is -2.19. The van der Waals surface area contributed by atoms with Crippen molar-refractivity contribution in [3.8, 4) is 11.5 Å². The summed E-state index contributed by atoms with van der Waals surface area (Å²) >= 11 is 0. The standard InChI is InChI=1S/C17H20N2O6S/c1-13-4-7-15(8-5-13)25-11-10-18(2)26(22,23)17-12-14(19(20)21)6-9-16(17)24-3/h4-9,12H,10-11H2,1-3H3. The van der Waals surface area contributed by atoms with Gasteiger partial charge >= 0.3 is 0 Å². The Hall–Kier alpha value is -2.65. The molecule has 26 heavy (non-hydrogen) atoms. The number of rotatable bonds is 8. The Kier molecular flexibility index (Phi) is 6.17. The SMILES string of the molecule is COc1ccc([N+](=O)[O-])cc1S(=O)(=O)N(C)CCOc1ccc(C)cc1. The Morgan fingerprint density at radius 2 is 1.81 bits per heavy atom. The Balaban J connectivity index is 2.14. The van der Waals surface area contributed by atoms with Crippen LogP contribution in [0.3, 0.4) is 0 Å². The van der Waals surface area contributed by atoms with Crippen LogP contribution in [-0.4, -0.2) is 45.0 Å². The minimum absolute atomic E-state index is 0.0434. The molecule has 0 spiro atoms. The number of aryl methyl sites for hydroxylation is 1. The molecular formula is C17H20N2O6S. The summed E-state index contributed by atoms with van der Waals surface area (Å²) in [4.78, 5) is 10.0. The molecule has 0 unspecified atom stereocenters. The Morgan fingerprint density at radius 1 is 1.15 bits per heavy atom. The largest absolute Gasteiger partial charge is 0.495 e. The van der Waals surface area contributed by atoms with Crippen LogP contribution in [0.4, 0.5) is 5.69 Å². The Morgan fingerprint density at radius 3 is 2.38 bits per heavy atom. The first-order valence-electron chi connectivity index (χ1n) is 7.74. The fourth-order valence-electron chi connectivity index (χ4n) is 2.20. The van der Waals surface area contributed by atoms with Gasteiger partial charge in [-0.1, -0.05) is 17.7 Å². The van der Waals surface area contributed by atoms with Gasteiger partial charge in [0.1, 0.15) is 23.0 Å². The van der Waals surface area contributed by atoms with Gasteiger partial charge in [-0.2, -0.15) is 4.31 Å². The normalized spacial score (nSPS) is 11.4. The molecule has 0 saturated heterocycles. The number of nitro benzene ring substituents is 1. The minimum atomic E-state index is -3.98. The van der Waals surface area contributed by atoms with E-state index in [9.17, 15) is 18.5 Å². The first kappa shape index (κ1) is 19.7. The van der Waals surface area contributed by atoms with E-state index in [1.54, 1.807) is 12.1 Å². The predicted octanol–water partition coefficient (Wildman–Crippen LogP) is 2.61. The van der Waals surface area contributed by atoms with Gasteiger partial charge in [-0.05, 0) is 25.1 Å². The number of non-ortho nitro benzene ring substituents is 1. The van der Waals surface area contributed by atoms with Gasteiger partial charge in [-0.25, -0.2) is 8.42 Å². The smallest absolute Gasteiger partial charge is 0.271 e. The monoisotopic (exact) mass is 380 g/mol. The number of sulfonamides is 1. The number of hydrogen-bond donors (Lipinski definition) is 0. The molecule has 2 rings (SSSR count). The Bertz CT molecular complexity index is 881. The number of likely N-dealkylation sites (N-methyl/N-ethyl adjacent to an activating group) is 1. The molecule has 0 heterocycles. The van der Waals surface area contributed by atoms with Crippen LogP contribution in [0.25, 0.3) is 0 Å². The van der Waals surface area contributed by atoms with Crippen molar-refractivity contribution < 1.29 is 22.8 Å². The van der Waals surface area contributed by atoms with Crippen LogP contribution >= 0.6 is 0 Å². The molecule has 0 aliphatic rings. The van der Waals surface area contributed by atoms with E-state index in [1.807, 2.05) is 19.1 Å². The van der Waals surface area contributed by atoms with E-state index in [0.717, 1.165) is 15.9 Å². The topological polar surface area (TPSA) is 99.0 Å². The molecule has 0 fully saturated rings. The van der Waals surface area contributed by atoms with Crippen molar-refractivity contribution in [1.29, 1.82) is 0 Å². The molecular weight excluding hydrogens is 360 g/mol. The number of methoxy groups -OCH3 is 1. The average Bonchev–Trinajstić information content (AvgIpc) is 2.62. The quantitative estimate of drug-likeness (QED) is 0.516. The van der Waals surface area contributed by atoms with Crippen LogP contribution in [0.15, 0.2) is 47.4 Å². The number of ether oxygens (including phenoxy) is 2. The van der Waals surface area contributed by atoms with Crippen molar-refractivity contribution in [3.63, 3.8) is 0 Å². The molecule has 2 aromatic rings. The maximum Gasteiger partial charge on any atom is 0.271 e. The highest BCUT2D eigenvalue weighted by molar-refractivity contribution is 7.89. The van der Waals surface area contributed by atoms with E-state index in [4.69, 9.17) is 9.47 Å². The van der Waals surface area contributed by atoms with Crippen molar-refractivity contribution >= 4 is 15.7 Å². The van der Waals surface area contributed by atoms with Gasteiger partial charge in [0, 0.05) is 25.7 Å². The third-order valence-electron chi connectivity index (χ3n) is 3.74. The molecule has 9 heteroatoms. The van der Waals surface area contributed by atoms with Crippen molar-refractivity contribution in [2.45, 2.75) is 11.8 Å². The second-order valence-corrected chi connectivity index (χ2v) is 7.59. The molecule has 2 aromatic carbocycles. The van der Waals surface area contributed by atoms with Crippen LogP contribution in [0.1, 0.15) is 5.56 Å². The molecule has 0 amide bonds. The fraction of sp³-hybridized carbons (Fsp3) is 0.294. The van der Waals surface area contributed by atoms with Crippen molar-refractivity contribution in [2.24, 2.45) is 0 Å². The van der Waals surface area contributed by atoms with Gasteiger partial charge in [-0.3, -0.25) is 10.1 Å². The zero-order valence-corrected chi connectivity index (χ0v) is 15.5. The van der Waals surface area contributed by atoms with Crippen LogP contribution in [0, 0.1) is 17.0 Å². The summed E-state index contributed by atoms with van der Waals surface area (Å²) in [7, 11) is -1.29. The first-order chi connectivity index (χ1) is 12.3. The molecule has 8 nitrogen and oxygen atoms in total. The minimum Gasteiger partial charge on any atom is -0.495 e. The number of hydrogen-bond acceptors (Lipinski definition) is 6. The summed E-state index contributed by atoms with van der Waals surface area (Å²) in [5.41, 5.74) is 0.767. The van der Waals surface area contributed by atoms with Gasteiger partial charge in [0.05, 0.1) is 12.0 Å². The van der Waals surface area contributed by atoms with E-state index in [0.29, 0.717) is 5.75 Å². The summed E-state index contributed by atoms with van der Waals surface area (Å²) in [6, 6.07) is 10.8. The summed E-state index contributed by atoms with van der Waals surface area (Å²) in [5, 5.41) is 10.9. The third-order valence-corrected chi connectivity index (χ3v) is 5.62. The summed E-state index contributed by atoms with van der Waals surface area (Å²) in [6.45, 7) is 2.16. The van der Waals surface area contributed by atoms with Crippen molar-refractivity contribution in [1.82, 2.24) is 4.31 Å². The van der Waals surface area contributed by atoms with E-state index < -0.39 is 14.9 Å². The molecule has 0 aliphatic carbocycles. The lowest BCUT2D eigenvalue weighted by atomic mass is 10.2. The van der Waals surface area contributed by atoms with Gasteiger partial charge in [0.15, 0.2) is 0 Å². The first-order valence-corrected chi connectivity index (χ1v) is 9.18. The van der Waals surface area contributed by atoms with Crippen LogP contribution < -0.4 is 9.47 Å². The maximum absolute atomic E-state index is 12.7. The van der Waals surface area contributed by atoms with Crippen molar-refractivity contribution in [3.05, 3.63) is 58.1 Å². The molecule has 0 aromatic heterocycles. The highest BCUT2D eigenvalue weighted by atomic mass is 32.2. The molecule has 0 N–H and O–H groups in total. The predicted molar refractivity (Wildman–Crippen MR) is 96.1 cm³/mol. The summed E-state index contributed by atoms with van der Waals surface area (Å²) < 4.78 is 37.1. The second kappa shape index (κ2) is 8.15. The lowest BCUT2D eigenvalue weighted by Crippen LogP contribution is -2.31. The fourth-order valence-corrected chi connectivity index (χ4v) is 3.52. The third kappa shape index (κ3) is 4.50. The van der Waals surface area contributed by atoms with Gasteiger partial charge < -0.3 is 9.47 Å². The number of benzene rings is 2.